The lowest BCUT2D eigenvalue weighted by atomic mass is 10.3. The molecule has 112 valence electrons. The van der Waals surface area contributed by atoms with E-state index in [-0.39, 0.29) is 0 Å². The van der Waals surface area contributed by atoms with Crippen LogP contribution < -0.4 is 0 Å². The zero-order valence-corrected chi connectivity index (χ0v) is 14.5. The maximum Gasteiger partial charge on any atom is 0.115 e. The number of hydrogen-bond donors (Lipinski definition) is 1. The Morgan fingerprint density at radius 2 is 0.889 bits per heavy atom. The maximum atomic E-state index is 8.63. The predicted molar refractivity (Wildman–Crippen MR) is 89.5 cm³/mol. The third kappa shape index (κ3) is 59.9. The summed E-state index contributed by atoms with van der Waals surface area (Å²) >= 11 is 0. The minimum Gasteiger partial charge on any atom is -0.508 e. The van der Waals surface area contributed by atoms with Gasteiger partial charge in [0.1, 0.15) is 5.75 Å². The molecule has 1 aromatic carbocycles. The van der Waals surface area contributed by atoms with E-state index in [1.165, 1.54) is 6.42 Å². The Kier molecular flexibility index (Phi) is 94.4. The summed E-state index contributed by atoms with van der Waals surface area (Å²) in [5.41, 5.74) is 0. The van der Waals surface area contributed by atoms with Gasteiger partial charge in [0.2, 0.25) is 0 Å². The number of para-hydroxylation sites is 1. The first-order valence-electron chi connectivity index (χ1n) is 7.55. The molecule has 0 aliphatic heterocycles. The summed E-state index contributed by atoms with van der Waals surface area (Å²) in [7, 11) is 0. The van der Waals surface area contributed by atoms with Gasteiger partial charge in [-0.1, -0.05) is 93.9 Å². The van der Waals surface area contributed by atoms with Crippen molar-refractivity contribution < 1.29 is 5.11 Å². The molecule has 0 fully saturated rings. The van der Waals surface area contributed by atoms with Gasteiger partial charge in [0.15, 0.2) is 0 Å². The van der Waals surface area contributed by atoms with Crippen LogP contribution in [0.1, 0.15) is 75.7 Å². The predicted octanol–water partition coefficient (Wildman–Crippen LogP) is 6.91. The van der Waals surface area contributed by atoms with E-state index in [2.05, 4.69) is 13.8 Å². The molecule has 18 heavy (non-hydrogen) atoms. The van der Waals surface area contributed by atoms with Gasteiger partial charge in [-0.25, -0.2) is 0 Å². The Bertz CT molecular complexity index is 147. The summed E-state index contributed by atoms with van der Waals surface area (Å²) in [5.74, 6) is 0.322. The van der Waals surface area contributed by atoms with Gasteiger partial charge in [0, 0.05) is 0 Å². The Labute approximate surface area is 117 Å². The van der Waals surface area contributed by atoms with E-state index >= 15 is 0 Å². The smallest absolute Gasteiger partial charge is 0.115 e. The number of phenols is 1. The SMILES string of the molecule is CC.CC.CC.CC.CCC.Oc1ccccc1. The molecule has 0 saturated carbocycles. The first kappa shape index (κ1) is 30.2. The number of hydrogen-bond acceptors (Lipinski definition) is 1. The fraction of sp³-hybridized carbons (Fsp3) is 0.647. The van der Waals surface area contributed by atoms with Crippen LogP contribution in [0.2, 0.25) is 0 Å². The van der Waals surface area contributed by atoms with Crippen molar-refractivity contribution in [2.24, 2.45) is 0 Å². The number of aromatic hydroxyl groups is 1. The van der Waals surface area contributed by atoms with Crippen LogP contribution in [0, 0.1) is 0 Å². The first-order chi connectivity index (χ1) is 8.81. The summed E-state index contributed by atoms with van der Waals surface area (Å²) in [6.07, 6.45) is 1.25. The van der Waals surface area contributed by atoms with Crippen molar-refractivity contribution in [2.75, 3.05) is 0 Å². The molecule has 1 N–H and O–H groups in total. The lowest BCUT2D eigenvalue weighted by Crippen LogP contribution is -1.56. The molecule has 0 radical (unpaired) electrons. The van der Waals surface area contributed by atoms with Gasteiger partial charge in [-0.3, -0.25) is 0 Å². The van der Waals surface area contributed by atoms with Gasteiger partial charge in [-0.15, -0.1) is 0 Å². The molecular formula is C17H38O. The van der Waals surface area contributed by atoms with Crippen molar-refractivity contribution in [3.8, 4) is 5.75 Å². The molecule has 0 aromatic heterocycles. The maximum absolute atomic E-state index is 8.63. The normalized spacial score (nSPS) is 5.67. The second-order valence-electron chi connectivity index (χ2n) is 2.04. The van der Waals surface area contributed by atoms with Crippen molar-refractivity contribution in [3.63, 3.8) is 0 Å². The van der Waals surface area contributed by atoms with Gasteiger partial charge in [-0.05, 0) is 12.1 Å². The lowest BCUT2D eigenvalue weighted by Gasteiger charge is -1.82. The van der Waals surface area contributed by atoms with Gasteiger partial charge in [0.25, 0.3) is 0 Å². The zero-order valence-electron chi connectivity index (χ0n) is 14.5. The Morgan fingerprint density at radius 3 is 1.00 bits per heavy atom. The highest BCUT2D eigenvalue weighted by Gasteiger charge is 1.74. The largest absolute Gasteiger partial charge is 0.508 e. The Morgan fingerprint density at radius 1 is 0.667 bits per heavy atom. The number of benzene rings is 1. The minimum absolute atomic E-state index is 0.322. The summed E-state index contributed by atoms with van der Waals surface area (Å²) in [4.78, 5) is 0. The van der Waals surface area contributed by atoms with E-state index in [1.807, 2.05) is 61.5 Å². The van der Waals surface area contributed by atoms with Crippen molar-refractivity contribution in [1.29, 1.82) is 0 Å². The van der Waals surface area contributed by atoms with Gasteiger partial charge in [0.05, 0.1) is 0 Å². The quantitative estimate of drug-likeness (QED) is 0.536. The molecule has 0 atom stereocenters. The van der Waals surface area contributed by atoms with Crippen LogP contribution in [0.5, 0.6) is 5.75 Å². The number of phenolic OH excluding ortho intramolecular Hbond substituents is 1. The third-order valence-corrected chi connectivity index (χ3v) is 0.756. The highest BCUT2D eigenvalue weighted by Crippen LogP contribution is 2.02. The summed E-state index contributed by atoms with van der Waals surface area (Å²) in [6, 6.07) is 8.71. The molecule has 0 saturated heterocycles. The van der Waals surface area contributed by atoms with Crippen LogP contribution in [0.3, 0.4) is 0 Å². The van der Waals surface area contributed by atoms with Crippen LogP contribution in [0.15, 0.2) is 30.3 Å². The summed E-state index contributed by atoms with van der Waals surface area (Å²) in [6.45, 7) is 20.2. The lowest BCUT2D eigenvalue weighted by molar-refractivity contribution is 0.475. The average Bonchev–Trinajstić information content (AvgIpc) is 2.49. The van der Waals surface area contributed by atoms with Crippen LogP contribution in [-0.4, -0.2) is 5.11 Å². The monoisotopic (exact) mass is 258 g/mol. The van der Waals surface area contributed by atoms with E-state index in [4.69, 9.17) is 5.11 Å². The molecule has 1 heteroatoms. The Balaban J connectivity index is -0.0000000442. The molecule has 0 bridgehead atoms. The second kappa shape index (κ2) is 56.2. The van der Waals surface area contributed by atoms with E-state index in [0.29, 0.717) is 5.75 Å². The van der Waals surface area contributed by atoms with Gasteiger partial charge >= 0.3 is 0 Å². The molecule has 1 rings (SSSR count). The van der Waals surface area contributed by atoms with Crippen molar-refractivity contribution >= 4 is 0 Å². The molecule has 1 aromatic rings. The van der Waals surface area contributed by atoms with Crippen molar-refractivity contribution in [3.05, 3.63) is 30.3 Å². The van der Waals surface area contributed by atoms with Crippen LogP contribution >= 0.6 is 0 Å². The Hall–Kier alpha value is -0.980. The molecular weight excluding hydrogens is 220 g/mol. The van der Waals surface area contributed by atoms with Crippen molar-refractivity contribution in [1.82, 2.24) is 0 Å². The molecule has 0 spiro atoms. The highest BCUT2D eigenvalue weighted by molar-refractivity contribution is 5.18. The highest BCUT2D eigenvalue weighted by atomic mass is 16.3. The van der Waals surface area contributed by atoms with Crippen molar-refractivity contribution in [2.45, 2.75) is 75.7 Å². The fourth-order valence-corrected chi connectivity index (χ4v) is 0.428. The minimum atomic E-state index is 0.322. The van der Waals surface area contributed by atoms with E-state index in [9.17, 15) is 0 Å². The van der Waals surface area contributed by atoms with Gasteiger partial charge < -0.3 is 5.11 Å². The van der Waals surface area contributed by atoms with E-state index in [0.717, 1.165) is 0 Å². The molecule has 1 nitrogen and oxygen atoms in total. The molecule has 0 aliphatic rings. The fourth-order valence-electron chi connectivity index (χ4n) is 0.428. The summed E-state index contributed by atoms with van der Waals surface area (Å²) < 4.78 is 0. The van der Waals surface area contributed by atoms with Crippen LogP contribution in [0.25, 0.3) is 0 Å². The third-order valence-electron chi connectivity index (χ3n) is 0.756. The molecule has 0 amide bonds. The first-order valence-corrected chi connectivity index (χ1v) is 7.55. The van der Waals surface area contributed by atoms with E-state index < -0.39 is 0 Å². The van der Waals surface area contributed by atoms with E-state index in [1.54, 1.807) is 24.3 Å². The summed E-state index contributed by atoms with van der Waals surface area (Å²) in [5, 5.41) is 8.63. The average molecular weight is 258 g/mol. The second-order valence-corrected chi connectivity index (χ2v) is 2.04. The number of rotatable bonds is 0. The van der Waals surface area contributed by atoms with Crippen LogP contribution in [-0.2, 0) is 0 Å². The van der Waals surface area contributed by atoms with Gasteiger partial charge in [-0.2, -0.15) is 0 Å². The molecule has 0 unspecified atom stereocenters. The van der Waals surface area contributed by atoms with Crippen LogP contribution in [0.4, 0.5) is 0 Å². The zero-order chi connectivity index (χ0) is 15.8. The standard InChI is InChI=1S/C6H6O.C3H8.4C2H6/c7-6-4-2-1-3-5-6;1-3-2;4*1-2/h1-5,7H;3H2,1-2H3;4*1-2H3. The topological polar surface area (TPSA) is 20.2 Å². The molecule has 0 aliphatic carbocycles. The molecule has 0 heterocycles.